The molecule has 0 spiro atoms. The number of hydrogen-bond acceptors (Lipinski definition) is 2. The van der Waals surface area contributed by atoms with Gasteiger partial charge in [0.2, 0.25) is 0 Å². The van der Waals surface area contributed by atoms with Crippen molar-refractivity contribution in [3.8, 4) is 0 Å². The molecule has 14 heavy (non-hydrogen) atoms. The second kappa shape index (κ2) is 3.31. The lowest BCUT2D eigenvalue weighted by atomic mass is 10.3. The molecule has 0 amide bonds. The first-order chi connectivity index (χ1) is 6.72. The van der Waals surface area contributed by atoms with Gasteiger partial charge in [0.1, 0.15) is 6.29 Å². The van der Waals surface area contributed by atoms with E-state index in [-0.39, 0.29) is 12.2 Å². The summed E-state index contributed by atoms with van der Waals surface area (Å²) in [6.07, 6.45) is 0.676. The lowest BCUT2D eigenvalue weighted by Crippen LogP contribution is -2.17. The van der Waals surface area contributed by atoms with E-state index in [0.717, 1.165) is 0 Å². The summed E-state index contributed by atoms with van der Waals surface area (Å²) in [5, 5.41) is 0.538. The highest BCUT2D eigenvalue weighted by Gasteiger charge is 2.05. The molecule has 0 fully saturated rings. The Hall–Kier alpha value is -1.55. The van der Waals surface area contributed by atoms with Gasteiger partial charge in [-0.15, -0.1) is 0 Å². The van der Waals surface area contributed by atoms with Crippen molar-refractivity contribution in [2.24, 2.45) is 0 Å². The summed E-state index contributed by atoms with van der Waals surface area (Å²) in [6, 6.07) is 5.05. The molecule has 1 aromatic heterocycles. The molecule has 0 saturated heterocycles. The molecule has 0 radical (unpaired) electrons. The van der Waals surface area contributed by atoms with Crippen molar-refractivity contribution < 1.29 is 4.79 Å². The highest BCUT2D eigenvalue weighted by molar-refractivity contribution is 6.31. The SMILES string of the molecule is O=CCn1c(=O)[nH]c2ccc(Cl)cc21. The number of nitrogens with zero attached hydrogens (tertiary/aromatic N) is 1. The first-order valence-electron chi connectivity index (χ1n) is 4.04. The number of aromatic amines is 1. The third kappa shape index (κ3) is 1.33. The minimum absolute atomic E-state index is 0.0408. The van der Waals surface area contributed by atoms with Crippen LogP contribution in [0.3, 0.4) is 0 Å². The van der Waals surface area contributed by atoms with Crippen LogP contribution in [0.5, 0.6) is 0 Å². The van der Waals surface area contributed by atoms with Gasteiger partial charge in [0.25, 0.3) is 0 Å². The van der Waals surface area contributed by atoms with Crippen LogP contribution in [0.4, 0.5) is 0 Å². The lowest BCUT2D eigenvalue weighted by Gasteiger charge is -1.96. The van der Waals surface area contributed by atoms with E-state index in [1.807, 2.05) is 0 Å². The fourth-order valence-corrected chi connectivity index (χ4v) is 1.55. The fraction of sp³-hybridized carbons (Fsp3) is 0.111. The van der Waals surface area contributed by atoms with Crippen LogP contribution < -0.4 is 5.69 Å². The van der Waals surface area contributed by atoms with Gasteiger partial charge in [0, 0.05) is 5.02 Å². The molecule has 0 aliphatic carbocycles. The van der Waals surface area contributed by atoms with Crippen LogP contribution in [0.2, 0.25) is 5.02 Å². The van der Waals surface area contributed by atoms with Gasteiger partial charge in [-0.1, -0.05) is 11.6 Å². The zero-order valence-corrected chi connectivity index (χ0v) is 7.91. The van der Waals surface area contributed by atoms with Crippen molar-refractivity contribution in [2.75, 3.05) is 0 Å². The fourth-order valence-electron chi connectivity index (χ4n) is 1.38. The van der Waals surface area contributed by atoms with E-state index in [4.69, 9.17) is 11.6 Å². The molecule has 0 unspecified atom stereocenters. The van der Waals surface area contributed by atoms with E-state index < -0.39 is 0 Å². The number of benzene rings is 1. The third-order valence-electron chi connectivity index (χ3n) is 1.99. The summed E-state index contributed by atoms with van der Waals surface area (Å²) in [5.74, 6) is 0. The Bertz CT molecular complexity index is 541. The number of hydrogen-bond donors (Lipinski definition) is 1. The number of aldehydes is 1. The van der Waals surface area contributed by atoms with Crippen molar-refractivity contribution in [3.63, 3.8) is 0 Å². The third-order valence-corrected chi connectivity index (χ3v) is 2.23. The number of H-pyrrole nitrogens is 1. The number of carbonyl (C=O) groups excluding carboxylic acids is 1. The molecule has 4 nitrogen and oxygen atoms in total. The van der Waals surface area contributed by atoms with Gasteiger partial charge in [-0.05, 0) is 18.2 Å². The number of fused-ring (bicyclic) bond motifs is 1. The molecule has 0 aliphatic heterocycles. The van der Waals surface area contributed by atoms with Gasteiger partial charge in [0.15, 0.2) is 0 Å². The zero-order valence-electron chi connectivity index (χ0n) is 7.16. The first kappa shape index (κ1) is 9.02. The van der Waals surface area contributed by atoms with Crippen molar-refractivity contribution in [2.45, 2.75) is 6.54 Å². The maximum absolute atomic E-state index is 11.3. The minimum Gasteiger partial charge on any atom is -0.306 e. The van der Waals surface area contributed by atoms with Gasteiger partial charge in [-0.2, -0.15) is 0 Å². The summed E-state index contributed by atoms with van der Waals surface area (Å²) in [5.41, 5.74) is 1.03. The smallest absolute Gasteiger partial charge is 0.306 e. The Labute approximate surface area is 84.1 Å². The molecule has 5 heteroatoms. The quantitative estimate of drug-likeness (QED) is 0.757. The van der Waals surface area contributed by atoms with E-state index in [0.29, 0.717) is 22.3 Å². The van der Waals surface area contributed by atoms with Crippen LogP contribution in [-0.4, -0.2) is 15.8 Å². The second-order valence-corrected chi connectivity index (χ2v) is 3.31. The van der Waals surface area contributed by atoms with Crippen LogP contribution in [0.1, 0.15) is 0 Å². The highest BCUT2D eigenvalue weighted by Crippen LogP contribution is 2.16. The van der Waals surface area contributed by atoms with Gasteiger partial charge < -0.3 is 9.78 Å². The van der Waals surface area contributed by atoms with Crippen LogP contribution in [0, 0.1) is 0 Å². The molecule has 0 aliphatic rings. The number of aromatic nitrogens is 2. The van der Waals surface area contributed by atoms with Crippen molar-refractivity contribution in [1.82, 2.24) is 9.55 Å². The molecule has 1 heterocycles. The maximum atomic E-state index is 11.3. The Balaban J connectivity index is 2.79. The topological polar surface area (TPSA) is 54.9 Å². The molecular formula is C9H7ClN2O2. The Morgan fingerprint density at radius 1 is 1.50 bits per heavy atom. The predicted molar refractivity (Wildman–Crippen MR) is 53.6 cm³/mol. The number of rotatable bonds is 2. The van der Waals surface area contributed by atoms with Crippen molar-refractivity contribution in [3.05, 3.63) is 33.7 Å². The Morgan fingerprint density at radius 3 is 3.00 bits per heavy atom. The lowest BCUT2D eigenvalue weighted by molar-refractivity contribution is -0.108. The number of carbonyl (C=O) groups is 1. The standard InChI is InChI=1S/C9H7ClN2O2/c10-6-1-2-7-8(5-6)12(3-4-13)9(14)11-7/h1-2,4-5H,3H2,(H,11,14). The number of nitrogens with one attached hydrogen (secondary N) is 1. The summed E-state index contributed by atoms with van der Waals surface area (Å²) in [4.78, 5) is 24.3. The largest absolute Gasteiger partial charge is 0.326 e. The molecule has 2 aromatic rings. The molecule has 1 aromatic carbocycles. The van der Waals surface area contributed by atoms with Crippen LogP contribution >= 0.6 is 11.6 Å². The Kier molecular flexibility index (Phi) is 2.13. The van der Waals surface area contributed by atoms with Crippen LogP contribution in [-0.2, 0) is 11.3 Å². The minimum atomic E-state index is -0.297. The Morgan fingerprint density at radius 2 is 2.29 bits per heavy atom. The van der Waals surface area contributed by atoms with Crippen LogP contribution in [0.25, 0.3) is 11.0 Å². The van der Waals surface area contributed by atoms with Gasteiger partial charge in [0.05, 0.1) is 17.6 Å². The summed E-state index contributed by atoms with van der Waals surface area (Å²) in [7, 11) is 0. The van der Waals surface area contributed by atoms with E-state index >= 15 is 0 Å². The van der Waals surface area contributed by atoms with Crippen molar-refractivity contribution >= 4 is 28.9 Å². The summed E-state index contributed by atoms with van der Waals surface area (Å²) in [6.45, 7) is 0.0408. The molecular weight excluding hydrogens is 204 g/mol. The summed E-state index contributed by atoms with van der Waals surface area (Å²) < 4.78 is 1.34. The van der Waals surface area contributed by atoms with Crippen molar-refractivity contribution in [1.29, 1.82) is 0 Å². The molecule has 72 valence electrons. The van der Waals surface area contributed by atoms with E-state index in [9.17, 15) is 9.59 Å². The molecule has 0 atom stereocenters. The molecule has 2 rings (SSSR count). The average Bonchev–Trinajstić information content (AvgIpc) is 2.45. The zero-order chi connectivity index (χ0) is 10.1. The van der Waals surface area contributed by atoms with E-state index in [1.165, 1.54) is 4.57 Å². The maximum Gasteiger partial charge on any atom is 0.326 e. The van der Waals surface area contributed by atoms with E-state index in [2.05, 4.69) is 4.98 Å². The molecule has 0 bridgehead atoms. The predicted octanol–water partition coefficient (Wildman–Crippen LogP) is 1.18. The normalized spacial score (nSPS) is 10.6. The second-order valence-electron chi connectivity index (χ2n) is 2.87. The molecule has 1 N–H and O–H groups in total. The first-order valence-corrected chi connectivity index (χ1v) is 4.42. The molecule has 0 saturated carbocycles. The average molecular weight is 211 g/mol. The summed E-state index contributed by atoms with van der Waals surface area (Å²) >= 11 is 5.78. The van der Waals surface area contributed by atoms with Gasteiger partial charge >= 0.3 is 5.69 Å². The van der Waals surface area contributed by atoms with Gasteiger partial charge in [-0.25, -0.2) is 4.79 Å². The highest BCUT2D eigenvalue weighted by atomic mass is 35.5. The number of halogens is 1. The van der Waals surface area contributed by atoms with Gasteiger partial charge in [-0.3, -0.25) is 4.57 Å². The number of imidazole rings is 1. The monoisotopic (exact) mass is 210 g/mol. The van der Waals surface area contributed by atoms with E-state index in [1.54, 1.807) is 18.2 Å². The van der Waals surface area contributed by atoms with Crippen LogP contribution in [0.15, 0.2) is 23.0 Å².